The van der Waals surface area contributed by atoms with E-state index in [9.17, 15) is 23.1 Å². The maximum atomic E-state index is 13.0. The second kappa shape index (κ2) is 12.1. The van der Waals surface area contributed by atoms with Gasteiger partial charge in [-0.3, -0.25) is 4.79 Å². The molecular weight excluding hydrogens is 551 g/mol. The van der Waals surface area contributed by atoms with Crippen molar-refractivity contribution in [2.24, 2.45) is 0 Å². The molecule has 0 aliphatic carbocycles. The Balaban J connectivity index is 1.37. The summed E-state index contributed by atoms with van der Waals surface area (Å²) in [6.07, 6.45) is 4.22. The van der Waals surface area contributed by atoms with Gasteiger partial charge in [-0.05, 0) is 0 Å². The molecule has 37 heavy (non-hydrogen) atoms. The number of nitrogens with zero attached hydrogens (tertiary/aromatic N) is 1. The number of benzene rings is 3. The molecule has 1 unspecified atom stereocenters. The number of rotatable bonds is 10. The molecule has 0 saturated carbocycles. The summed E-state index contributed by atoms with van der Waals surface area (Å²) >= 11 is -1.04. The van der Waals surface area contributed by atoms with Crippen molar-refractivity contribution in [2.75, 3.05) is 11.9 Å². The zero-order valence-corrected chi connectivity index (χ0v) is 23.6. The number of nitrogens with one attached hydrogen (secondary N) is 1. The average molecular weight is 583 g/mol. The average Bonchev–Trinajstić information content (AvgIpc) is 3.40. The van der Waals surface area contributed by atoms with Gasteiger partial charge in [0.15, 0.2) is 0 Å². The van der Waals surface area contributed by atoms with Crippen molar-refractivity contribution in [1.82, 2.24) is 4.31 Å². The van der Waals surface area contributed by atoms with Gasteiger partial charge in [0, 0.05) is 0 Å². The van der Waals surface area contributed by atoms with Crippen molar-refractivity contribution in [3.05, 3.63) is 78.4 Å². The third kappa shape index (κ3) is 6.69. The van der Waals surface area contributed by atoms with Gasteiger partial charge in [-0.25, -0.2) is 0 Å². The van der Waals surface area contributed by atoms with Gasteiger partial charge < -0.3 is 5.11 Å². The number of carbonyl (C=O) groups is 2. The van der Waals surface area contributed by atoms with Crippen LogP contribution in [0, 0.1) is 0 Å². The summed E-state index contributed by atoms with van der Waals surface area (Å²) in [5, 5.41) is 12.3. The molecule has 2 N–H and O–H groups in total. The third-order valence-electron chi connectivity index (χ3n) is 6.46. The molecule has 1 saturated heterocycles. The SMILES string of the molecule is CCCCc1ccc(NC(=O)[AsH]c2ccc(-c3ccc(S(=O)(=O)N4CCC[C@H]4C(=O)O)cc3)cc2)cc1. The topological polar surface area (TPSA) is 104 Å². The molecule has 1 heterocycles. The van der Waals surface area contributed by atoms with E-state index in [0.29, 0.717) is 12.8 Å². The Bertz CT molecular complexity index is 1340. The number of amides is 1. The summed E-state index contributed by atoms with van der Waals surface area (Å²) < 4.78 is 28.0. The zero-order chi connectivity index (χ0) is 26.4. The van der Waals surface area contributed by atoms with E-state index in [-0.39, 0.29) is 16.1 Å². The molecule has 0 aromatic heterocycles. The molecule has 2 atom stereocenters. The van der Waals surface area contributed by atoms with Crippen LogP contribution in [0.2, 0.25) is 0 Å². The van der Waals surface area contributed by atoms with Gasteiger partial charge in [0.2, 0.25) is 0 Å². The second-order valence-electron chi connectivity index (χ2n) is 9.09. The molecule has 1 aliphatic heterocycles. The van der Waals surface area contributed by atoms with Gasteiger partial charge in [0.1, 0.15) is 0 Å². The first kappa shape index (κ1) is 27.1. The first-order valence-electron chi connectivity index (χ1n) is 12.4. The van der Waals surface area contributed by atoms with Crippen LogP contribution in [-0.4, -0.2) is 56.8 Å². The summed E-state index contributed by atoms with van der Waals surface area (Å²) in [6, 6.07) is 21.2. The second-order valence-corrected chi connectivity index (χ2v) is 13.7. The normalized spacial score (nSPS) is 16.3. The van der Waals surface area contributed by atoms with Crippen molar-refractivity contribution >= 4 is 46.5 Å². The molecule has 1 fully saturated rings. The van der Waals surface area contributed by atoms with Crippen molar-refractivity contribution in [1.29, 1.82) is 0 Å². The molecule has 0 spiro atoms. The van der Waals surface area contributed by atoms with Gasteiger partial charge >= 0.3 is 215 Å². The molecule has 1 aliphatic rings. The molecule has 194 valence electrons. The van der Waals surface area contributed by atoms with E-state index in [2.05, 4.69) is 24.4 Å². The molecule has 0 radical (unpaired) electrons. The number of carbonyl (C=O) groups excluding carboxylic acids is 1. The summed E-state index contributed by atoms with van der Waals surface area (Å²) in [4.78, 5) is 24.1. The van der Waals surface area contributed by atoms with Crippen LogP contribution in [0.1, 0.15) is 38.2 Å². The van der Waals surface area contributed by atoms with Gasteiger partial charge in [0.05, 0.1) is 0 Å². The predicted octanol–water partition coefficient (Wildman–Crippen LogP) is 4.23. The van der Waals surface area contributed by atoms with E-state index in [4.69, 9.17) is 0 Å². The molecule has 3 aromatic rings. The number of anilines is 1. The van der Waals surface area contributed by atoms with E-state index in [1.54, 1.807) is 12.1 Å². The van der Waals surface area contributed by atoms with Gasteiger partial charge in [-0.2, -0.15) is 0 Å². The van der Waals surface area contributed by atoms with Crippen LogP contribution in [0.3, 0.4) is 0 Å². The van der Waals surface area contributed by atoms with E-state index in [1.807, 2.05) is 36.4 Å². The number of carboxylic acid groups (broad SMARTS) is 1. The summed E-state index contributed by atoms with van der Waals surface area (Å²) in [6.45, 7) is 2.38. The Morgan fingerprint density at radius 3 is 2.19 bits per heavy atom. The van der Waals surface area contributed by atoms with E-state index >= 15 is 0 Å². The Hall–Kier alpha value is -2.93. The van der Waals surface area contributed by atoms with E-state index < -0.39 is 37.8 Å². The number of hydrogen-bond acceptors (Lipinski definition) is 4. The number of sulfonamides is 1. The number of hydrogen-bond donors (Lipinski definition) is 2. The molecule has 0 bridgehead atoms. The van der Waals surface area contributed by atoms with Crippen molar-refractivity contribution < 1.29 is 23.1 Å². The molecule has 7 nitrogen and oxygen atoms in total. The number of unbranched alkanes of at least 4 members (excludes halogenated alkanes) is 1. The van der Waals surface area contributed by atoms with Gasteiger partial charge in [-0.1, -0.05) is 0 Å². The van der Waals surface area contributed by atoms with Gasteiger partial charge in [-0.15, -0.1) is 0 Å². The fraction of sp³-hybridized carbons (Fsp3) is 0.286. The summed E-state index contributed by atoms with van der Waals surface area (Å²) in [5.41, 5.74) is 3.84. The van der Waals surface area contributed by atoms with Crippen LogP contribution in [-0.2, 0) is 21.2 Å². The number of carboxylic acids is 1. The van der Waals surface area contributed by atoms with Crippen LogP contribution in [0.5, 0.6) is 0 Å². The number of aliphatic carboxylic acids is 1. The standard InChI is InChI=1S/C28H31AsN2O5S/c1-2-3-5-20-7-15-24(16-8-20)30-28(34)29-23-13-9-21(10-14-23)22-11-17-25(18-12-22)37(35,36)31-19-4-6-26(31)27(32)33/h7-18,26,29H,2-6,19H2,1H3,(H,30,34)(H,32,33)/t26-/m0/s1. The minimum absolute atomic E-state index is 0.0326. The van der Waals surface area contributed by atoms with Crippen molar-refractivity contribution in [3.63, 3.8) is 0 Å². The predicted molar refractivity (Wildman–Crippen MR) is 147 cm³/mol. The molecule has 1 amide bonds. The van der Waals surface area contributed by atoms with Gasteiger partial charge in [0.25, 0.3) is 0 Å². The molecule has 4 rings (SSSR count). The van der Waals surface area contributed by atoms with E-state index in [1.165, 1.54) is 17.7 Å². The molecular formula is C28H31AsN2O5S. The molecule has 9 heteroatoms. The van der Waals surface area contributed by atoms with Crippen LogP contribution in [0.25, 0.3) is 11.1 Å². The van der Waals surface area contributed by atoms with Crippen LogP contribution in [0.4, 0.5) is 10.5 Å². The van der Waals surface area contributed by atoms with Crippen LogP contribution >= 0.6 is 0 Å². The molecule has 3 aromatic carbocycles. The maximum absolute atomic E-state index is 13.0. The third-order valence-corrected chi connectivity index (χ3v) is 10.4. The minimum atomic E-state index is -3.87. The number of aryl methyl sites for hydroxylation is 1. The first-order valence-corrected chi connectivity index (χ1v) is 15.9. The summed E-state index contributed by atoms with van der Waals surface area (Å²) in [7, 11) is -3.87. The Morgan fingerprint density at radius 2 is 1.59 bits per heavy atom. The zero-order valence-electron chi connectivity index (χ0n) is 20.7. The summed E-state index contributed by atoms with van der Waals surface area (Å²) in [5.74, 6) is -1.12. The monoisotopic (exact) mass is 582 g/mol. The van der Waals surface area contributed by atoms with E-state index in [0.717, 1.165) is 44.7 Å². The quantitative estimate of drug-likeness (QED) is 0.349. The first-order chi connectivity index (χ1) is 17.8. The fourth-order valence-corrected chi connectivity index (χ4v) is 7.74. The van der Waals surface area contributed by atoms with Crippen molar-refractivity contribution in [2.45, 2.75) is 50.0 Å². The van der Waals surface area contributed by atoms with Crippen LogP contribution < -0.4 is 9.67 Å². The Kier molecular flexibility index (Phi) is 8.85. The van der Waals surface area contributed by atoms with Crippen LogP contribution in [0.15, 0.2) is 77.7 Å². The Morgan fingerprint density at radius 1 is 0.973 bits per heavy atom. The fourth-order valence-electron chi connectivity index (χ4n) is 4.40. The van der Waals surface area contributed by atoms with Crippen molar-refractivity contribution in [3.8, 4) is 11.1 Å². The Labute approximate surface area is 224 Å².